The number of benzene rings is 3. The summed E-state index contributed by atoms with van der Waals surface area (Å²) < 4.78 is 39.0. The van der Waals surface area contributed by atoms with Gasteiger partial charge in [0.1, 0.15) is 0 Å². The van der Waals surface area contributed by atoms with Gasteiger partial charge < -0.3 is 0 Å². The molecule has 0 saturated heterocycles. The van der Waals surface area contributed by atoms with E-state index in [1.807, 2.05) is 55.5 Å². The summed E-state index contributed by atoms with van der Waals surface area (Å²) in [5.41, 5.74) is 6.93. The van der Waals surface area contributed by atoms with Crippen molar-refractivity contribution in [3.8, 4) is 28.4 Å². The molecule has 0 spiro atoms. The molecule has 0 radical (unpaired) electrons. The van der Waals surface area contributed by atoms with Crippen LogP contribution in [-0.2, 0) is 31.8 Å². The first-order valence-electron chi connectivity index (χ1n) is 15.5. The molecule has 7 rings (SSSR count). The number of pyridine rings is 1. The van der Waals surface area contributed by atoms with Crippen LogP contribution >= 0.6 is 0 Å². The van der Waals surface area contributed by atoms with Crippen LogP contribution in [0.3, 0.4) is 0 Å². The number of hydrogen-bond acceptors (Lipinski definition) is 4. The Morgan fingerprint density at radius 3 is 2.53 bits per heavy atom. The van der Waals surface area contributed by atoms with Gasteiger partial charge in [0.2, 0.25) is 0 Å². The average Bonchev–Trinajstić information content (AvgIpc) is 3.58. The van der Waals surface area contributed by atoms with Crippen LogP contribution in [-0.4, -0.2) is 30.8 Å². The first-order chi connectivity index (χ1) is 21.8. The van der Waals surface area contributed by atoms with Crippen molar-refractivity contribution < 1.29 is 28.2 Å². The molecule has 0 aliphatic carbocycles. The van der Waals surface area contributed by atoms with Gasteiger partial charge in [0.05, 0.1) is 0 Å². The molecule has 0 fully saturated rings. The molecule has 3 aromatic carbocycles. The van der Waals surface area contributed by atoms with E-state index in [2.05, 4.69) is 96.7 Å². The van der Waals surface area contributed by atoms with Gasteiger partial charge >= 0.3 is 228 Å². The third-order valence-electron chi connectivity index (χ3n) is 7.78. The minimum Gasteiger partial charge on any atom is -0.193 e. The number of aryl methyl sites for hydroxylation is 2. The van der Waals surface area contributed by atoms with E-state index in [0.29, 0.717) is 28.7 Å². The smallest absolute Gasteiger partial charge is 0.193 e. The SMILES string of the molecule is [2H]C([2H])([2H])B1N(c2cc(C)ccn2)c2[c-]c(Oc3[c-]c(-n4[c](=[Pt])n(C)c5ccccc54)cc(C(C)(C)C)c3)ccc2-c2ccnn21. The van der Waals surface area contributed by atoms with Crippen LogP contribution in [0.15, 0.2) is 79.1 Å². The van der Waals surface area contributed by atoms with Gasteiger partial charge in [-0.25, -0.2) is 0 Å². The first-order valence-corrected chi connectivity index (χ1v) is 15.1. The molecule has 4 heterocycles. The van der Waals surface area contributed by atoms with Crippen LogP contribution < -0.4 is 9.55 Å². The Balaban J connectivity index is 1.39. The summed E-state index contributed by atoms with van der Waals surface area (Å²) in [4.78, 5) is 6.27. The summed E-state index contributed by atoms with van der Waals surface area (Å²) in [5, 5.41) is 4.43. The molecule has 0 saturated carbocycles. The number of anilines is 2. The predicted octanol–water partition coefficient (Wildman–Crippen LogP) is 7.42. The summed E-state index contributed by atoms with van der Waals surface area (Å²) >= 11 is 2.35. The molecule has 218 valence electrons. The summed E-state index contributed by atoms with van der Waals surface area (Å²) in [5.74, 6) is 1.45. The van der Waals surface area contributed by atoms with Crippen molar-refractivity contribution in [3.63, 3.8) is 0 Å². The van der Waals surface area contributed by atoms with E-state index >= 15 is 0 Å². The van der Waals surface area contributed by atoms with Gasteiger partial charge in [0.15, 0.2) is 0 Å². The van der Waals surface area contributed by atoms with Crippen LogP contribution in [0.2, 0.25) is 6.75 Å². The third-order valence-corrected chi connectivity index (χ3v) is 9.05. The third kappa shape index (κ3) is 4.69. The summed E-state index contributed by atoms with van der Waals surface area (Å²) in [6.45, 7) is 4.91. The monoisotopic (exact) mass is 748 g/mol. The van der Waals surface area contributed by atoms with Crippen molar-refractivity contribution in [3.05, 3.63) is 106 Å². The van der Waals surface area contributed by atoms with Crippen LogP contribution in [0.5, 0.6) is 11.5 Å². The molecule has 1 aliphatic rings. The van der Waals surface area contributed by atoms with Crippen LogP contribution in [0.1, 0.15) is 36.0 Å². The van der Waals surface area contributed by atoms with Gasteiger partial charge in [-0.05, 0) is 18.6 Å². The van der Waals surface area contributed by atoms with E-state index in [1.165, 1.54) is 0 Å². The molecule has 0 bridgehead atoms. The Morgan fingerprint density at radius 1 is 0.953 bits per heavy atom. The van der Waals surface area contributed by atoms with Crippen molar-refractivity contribution in [1.82, 2.24) is 23.8 Å². The zero-order valence-electron chi connectivity index (χ0n) is 27.5. The number of ether oxygens (including phenoxy) is 1. The molecule has 9 heteroatoms. The summed E-state index contributed by atoms with van der Waals surface area (Å²) in [6, 6.07) is 28.7. The van der Waals surface area contributed by atoms with Gasteiger partial charge in [0, 0.05) is 16.5 Å². The Morgan fingerprint density at radius 2 is 1.77 bits per heavy atom. The Bertz CT molecular complexity index is 2200. The number of imidazole rings is 1. The topological polar surface area (TPSA) is 53.0 Å². The fourth-order valence-corrected chi connectivity index (χ4v) is 6.33. The normalized spacial score (nSPS) is 14.3. The van der Waals surface area contributed by atoms with E-state index < -0.39 is 13.7 Å². The van der Waals surface area contributed by atoms with Gasteiger partial charge in [-0.2, -0.15) is 5.10 Å². The molecular weight excluding hydrogens is 714 g/mol. The second-order valence-electron chi connectivity index (χ2n) is 11.8. The zero-order chi connectivity index (χ0) is 32.5. The first kappa shape index (κ1) is 24.3. The van der Waals surface area contributed by atoms with E-state index in [-0.39, 0.29) is 5.41 Å². The molecule has 3 aromatic heterocycles. The molecule has 0 amide bonds. The number of nitrogens with zero attached hydrogens (tertiary/aromatic N) is 6. The standard InChI is InChI=1S/C34H31BN6O.Pt/c1-23-13-15-36-33(17-23)40-32-21-26(11-12-28(32)29-14-16-37-41(29)35(40)5)42-27-19-24(34(2,3)4)18-25(20-27)39-22-38(6)30-9-7-8-10-31(30)39;/h7-19H,1-6H3;/q-2;/i5D3;. The molecule has 6 aromatic rings. The summed E-state index contributed by atoms with van der Waals surface area (Å²) in [6.07, 6.45) is 3.30. The number of fused-ring (bicyclic) bond motifs is 4. The van der Waals surface area contributed by atoms with E-state index in [1.54, 1.807) is 21.8 Å². The van der Waals surface area contributed by atoms with Gasteiger partial charge in [-0.3, -0.25) is 0 Å². The van der Waals surface area contributed by atoms with Crippen molar-refractivity contribution in [2.45, 2.75) is 39.9 Å². The van der Waals surface area contributed by atoms with E-state index in [0.717, 1.165) is 37.2 Å². The van der Waals surface area contributed by atoms with Crippen LogP contribution in [0, 0.1) is 22.9 Å². The maximum atomic E-state index is 8.52. The fraction of sp³-hybridized carbons (Fsp3) is 0.206. The van der Waals surface area contributed by atoms with E-state index in [4.69, 9.17) is 8.85 Å². The number of rotatable bonds is 4. The maximum absolute atomic E-state index is 8.52. The fourth-order valence-electron chi connectivity index (χ4n) is 5.51. The van der Waals surface area contributed by atoms with Gasteiger partial charge in [-0.1, -0.05) is 0 Å². The Hall–Kier alpha value is -4.16. The van der Waals surface area contributed by atoms with Crippen molar-refractivity contribution in [2.75, 3.05) is 4.81 Å². The van der Waals surface area contributed by atoms with Gasteiger partial charge in [-0.15, -0.1) is 0 Å². The minimum absolute atomic E-state index is 0.169. The van der Waals surface area contributed by atoms with Crippen molar-refractivity contribution >= 4 is 29.5 Å². The van der Waals surface area contributed by atoms with E-state index in [9.17, 15) is 0 Å². The predicted molar refractivity (Wildman–Crippen MR) is 168 cm³/mol. The number of aromatic nitrogens is 5. The molecule has 7 nitrogen and oxygen atoms in total. The van der Waals surface area contributed by atoms with Crippen molar-refractivity contribution in [1.29, 1.82) is 0 Å². The Labute approximate surface area is 267 Å². The molecule has 1 aliphatic heterocycles. The number of para-hydroxylation sites is 2. The number of hydrogen-bond donors (Lipinski definition) is 0. The molecule has 0 N–H and O–H groups in total. The van der Waals surface area contributed by atoms with Gasteiger partial charge in [0.25, 0.3) is 0 Å². The molecular formula is C34H31BN6OPt-2. The zero-order valence-corrected chi connectivity index (χ0v) is 26.8. The molecule has 0 unspecified atom stereocenters. The molecule has 43 heavy (non-hydrogen) atoms. The van der Waals surface area contributed by atoms with Crippen LogP contribution in [0.25, 0.3) is 28.0 Å². The molecule has 0 atom stereocenters. The second-order valence-corrected chi connectivity index (χ2v) is 12.8. The average molecular weight is 749 g/mol. The van der Waals surface area contributed by atoms with Crippen molar-refractivity contribution in [2.24, 2.45) is 7.05 Å². The quantitative estimate of drug-likeness (QED) is 0.139. The second kappa shape index (κ2) is 10.2. The summed E-state index contributed by atoms with van der Waals surface area (Å²) in [7, 11) is 2.06. The minimum atomic E-state index is -2.43. The van der Waals surface area contributed by atoms with Crippen LogP contribution in [0.4, 0.5) is 11.5 Å². The Kier molecular flexibility index (Phi) is 5.78.